The molecule has 2 heterocycles. The SMILES string of the molecule is C.C.C.C.C.C.Cc1c(N)c(=O)n(-c2ccccc2)n1C.Cc1c(N=C2C=CC(=O)C=C2)c(=O)n(-c2ccccc2)n1C.OO.OO.Oc1ccccc1.[2H]P=O. The third-order valence-corrected chi connectivity index (χ3v) is 6.96. The average Bonchev–Trinajstić information content (AvgIpc) is 3.49. The number of allylic oxidation sites excluding steroid dienone is 4. The molecule has 5 aromatic rings. The van der Waals surface area contributed by atoms with Crippen molar-refractivity contribution in [3.8, 4) is 17.1 Å². The van der Waals surface area contributed by atoms with E-state index in [2.05, 4.69) is 4.99 Å². The van der Waals surface area contributed by atoms with E-state index >= 15 is 0 Å². The topological polar surface area (TPSA) is 228 Å². The molecule has 0 radical (unpaired) electrons. The van der Waals surface area contributed by atoms with Gasteiger partial charge >= 0.3 is 0 Å². The standard InChI is InChI=1S/C17H15N3O2.C11H13N3O.C6H6O.6CH4.2H2O2.HOP/c1-12-16(18-13-8-10-15(21)11-9-13)17(22)20(19(12)2)14-6-4-3-5-7-14;1-8-10(12)11(15)14(13(8)2)9-6-4-3-5-7-9;7-6-4-2-1-3-5-6;;;;;;;3*1-2/h3-11H,1-2H3;3-7H,12H2,1-2H3;1-5,7H;6*1H4;2*1-2H;2H/i;;;;;;;;;;;2D. The summed E-state index contributed by atoms with van der Waals surface area (Å²) in [5.41, 5.74) is 9.77. The zero-order valence-corrected chi connectivity index (χ0v) is 28.5. The second-order valence-electron chi connectivity index (χ2n) is 9.83. The van der Waals surface area contributed by atoms with E-state index in [1.807, 2.05) is 94.7 Å². The summed E-state index contributed by atoms with van der Waals surface area (Å²) in [6.45, 7) is 3.68. The minimum atomic E-state index is -0.583. The molecule has 0 fully saturated rings. The number of nitrogens with two attached hydrogens (primary N) is 1. The highest BCUT2D eigenvalue weighted by atomic mass is 31.0. The Morgan fingerprint density at radius 2 is 0.946 bits per heavy atom. The summed E-state index contributed by atoms with van der Waals surface area (Å²) in [4.78, 5) is 40.0. The van der Waals surface area contributed by atoms with Crippen LogP contribution in [0.5, 0.6) is 5.75 Å². The number of phenolic OH excluding ortho intramolecular Hbond substituents is 1. The number of nitrogen functional groups attached to an aromatic ring is 1. The first-order valence-electron chi connectivity index (χ1n) is 14.8. The molecule has 3 aromatic carbocycles. The number of aliphatic imine (C=N–C) groups is 1. The van der Waals surface area contributed by atoms with Crippen LogP contribution in [0.1, 0.15) is 55.9 Å². The normalized spacial score (nSPS) is 9.89. The predicted octanol–water partition coefficient (Wildman–Crippen LogP) is 9.04. The Morgan fingerprint density at radius 3 is 1.27 bits per heavy atom. The number of rotatable bonds is 3. The summed E-state index contributed by atoms with van der Waals surface area (Å²) in [5, 5.41) is 32.6. The van der Waals surface area contributed by atoms with Crippen molar-refractivity contribution in [1.29, 1.82) is 1.28 Å². The van der Waals surface area contributed by atoms with Gasteiger partial charge in [-0.25, -0.2) is 14.4 Å². The van der Waals surface area contributed by atoms with Crippen molar-refractivity contribution in [3.05, 3.63) is 147 Å². The van der Waals surface area contributed by atoms with E-state index < -0.39 is 9.06 Å². The van der Waals surface area contributed by atoms with Crippen LogP contribution in [0.25, 0.3) is 11.4 Å². The van der Waals surface area contributed by atoms with Crippen LogP contribution < -0.4 is 16.9 Å². The molecule has 1 aliphatic rings. The zero-order chi connectivity index (χ0) is 38.5. The maximum absolute atomic E-state index is 12.7. The van der Waals surface area contributed by atoms with E-state index in [0.717, 1.165) is 22.8 Å². The number of aromatic nitrogens is 4. The molecule has 15 nitrogen and oxygen atoms in total. The smallest absolute Gasteiger partial charge is 0.297 e. The van der Waals surface area contributed by atoms with Crippen molar-refractivity contribution in [2.45, 2.75) is 58.4 Å². The van der Waals surface area contributed by atoms with Gasteiger partial charge in [0, 0.05) is 14.1 Å². The van der Waals surface area contributed by atoms with Crippen molar-refractivity contribution < 1.29 is 35.5 Å². The lowest BCUT2D eigenvalue weighted by atomic mass is 10.1. The molecule has 0 spiro atoms. The molecular formula is C40H63N6O9P. The first-order chi connectivity index (χ1) is 24.5. The molecule has 0 aliphatic heterocycles. The van der Waals surface area contributed by atoms with E-state index in [1.165, 1.54) is 12.2 Å². The first-order valence-corrected chi connectivity index (χ1v) is 14.7. The van der Waals surface area contributed by atoms with Gasteiger partial charge in [-0.15, -0.1) is 0 Å². The van der Waals surface area contributed by atoms with Crippen LogP contribution in [0.4, 0.5) is 11.4 Å². The number of phenols is 1. The second-order valence-corrected chi connectivity index (χ2v) is 9.83. The van der Waals surface area contributed by atoms with Crippen molar-refractivity contribution in [2.24, 2.45) is 19.1 Å². The number of ketones is 1. The molecule has 0 bridgehead atoms. The average molecular weight is 804 g/mol. The Morgan fingerprint density at radius 1 is 0.607 bits per heavy atom. The number of nitrogens with zero attached hydrogens (tertiary/aromatic N) is 5. The van der Waals surface area contributed by atoms with Gasteiger partial charge in [0.1, 0.15) is 21.8 Å². The Labute approximate surface area is 334 Å². The van der Waals surface area contributed by atoms with Crippen LogP contribution in [-0.4, -0.2) is 57.6 Å². The maximum atomic E-state index is 12.7. The Bertz CT molecular complexity index is 2020. The molecular weight excluding hydrogens is 739 g/mol. The number of benzene rings is 3. The highest BCUT2D eigenvalue weighted by Crippen LogP contribution is 2.18. The third kappa shape index (κ3) is 16.6. The number of hydrogen-bond acceptors (Lipinski definition) is 11. The van der Waals surface area contributed by atoms with Gasteiger partial charge in [-0.2, -0.15) is 0 Å². The van der Waals surface area contributed by atoms with E-state index in [9.17, 15) is 14.4 Å². The molecule has 0 amide bonds. The van der Waals surface area contributed by atoms with Crippen LogP contribution in [0.2, 0.25) is 0 Å². The molecule has 7 N–H and O–H groups in total. The van der Waals surface area contributed by atoms with Gasteiger partial charge in [0.25, 0.3) is 11.1 Å². The van der Waals surface area contributed by atoms with Crippen LogP contribution in [0.15, 0.2) is 130 Å². The molecule has 312 valence electrons. The van der Waals surface area contributed by atoms with Gasteiger partial charge in [0.15, 0.2) is 11.5 Å². The Kier molecular flexibility index (Phi) is 34.4. The second kappa shape index (κ2) is 32.5. The van der Waals surface area contributed by atoms with Crippen molar-refractivity contribution in [3.63, 3.8) is 0 Å². The summed E-state index contributed by atoms with van der Waals surface area (Å²) in [7, 11) is 3.06. The minimum Gasteiger partial charge on any atom is -0.508 e. The highest BCUT2D eigenvalue weighted by Gasteiger charge is 2.16. The summed E-state index contributed by atoms with van der Waals surface area (Å²) < 4.78 is 20.9. The molecule has 0 atom stereocenters. The fraction of sp³-hybridized carbons (Fsp3) is 0.250. The van der Waals surface area contributed by atoms with E-state index in [4.69, 9.17) is 37.7 Å². The van der Waals surface area contributed by atoms with E-state index in [0.29, 0.717) is 22.8 Å². The first kappa shape index (κ1) is 59.3. The summed E-state index contributed by atoms with van der Waals surface area (Å²) in [5.74, 6) is 0.243. The van der Waals surface area contributed by atoms with Crippen LogP contribution in [-0.2, 0) is 23.5 Å². The van der Waals surface area contributed by atoms with Crippen molar-refractivity contribution in [2.75, 3.05) is 5.73 Å². The predicted molar refractivity (Wildman–Crippen MR) is 234 cm³/mol. The largest absolute Gasteiger partial charge is 0.508 e. The molecule has 56 heavy (non-hydrogen) atoms. The molecule has 1 aliphatic carbocycles. The number of anilines is 1. The maximum Gasteiger partial charge on any atom is 0.297 e. The summed E-state index contributed by atoms with van der Waals surface area (Å²) in [6.07, 6.45) is 6.10. The summed E-state index contributed by atoms with van der Waals surface area (Å²) >= 11 is 0. The lowest BCUT2D eigenvalue weighted by Crippen LogP contribution is -2.20. The Balaban J connectivity index is -0.000000163. The number of carbonyl (C=O) groups excluding carboxylic acids is 1. The molecule has 0 saturated carbocycles. The lowest BCUT2D eigenvalue weighted by molar-refractivity contribution is -0.176. The van der Waals surface area contributed by atoms with E-state index in [1.54, 1.807) is 55.1 Å². The van der Waals surface area contributed by atoms with Crippen LogP contribution >= 0.6 is 9.06 Å². The number of para-hydroxylation sites is 3. The summed E-state index contributed by atoms with van der Waals surface area (Å²) in [6, 6.07) is 27.6. The minimum absolute atomic E-state index is 0. The van der Waals surface area contributed by atoms with Crippen molar-refractivity contribution in [1.82, 2.24) is 18.7 Å². The quantitative estimate of drug-likeness (QED) is 0.0439. The van der Waals surface area contributed by atoms with Gasteiger partial charge in [-0.05, 0) is 74.5 Å². The van der Waals surface area contributed by atoms with Gasteiger partial charge in [-0.3, -0.25) is 49.3 Å². The van der Waals surface area contributed by atoms with E-state index in [-0.39, 0.29) is 61.5 Å². The molecule has 16 heteroatoms. The van der Waals surface area contributed by atoms with Gasteiger partial charge in [0.2, 0.25) is 0 Å². The monoisotopic (exact) mass is 803 g/mol. The number of aromatic hydroxyl groups is 1. The highest BCUT2D eigenvalue weighted by molar-refractivity contribution is 7.00. The zero-order valence-electron chi connectivity index (χ0n) is 28.6. The number of carbonyl (C=O) groups is 1. The van der Waals surface area contributed by atoms with Crippen molar-refractivity contribution >= 4 is 31.9 Å². The van der Waals surface area contributed by atoms with Crippen LogP contribution in [0.3, 0.4) is 0 Å². The third-order valence-electron chi connectivity index (χ3n) is 6.96. The molecule has 2 aromatic heterocycles. The fourth-order valence-corrected chi connectivity index (χ4v) is 4.35. The number of hydrogen-bond donors (Lipinski definition) is 6. The lowest BCUT2D eigenvalue weighted by Gasteiger charge is -2.07. The van der Waals surface area contributed by atoms with Gasteiger partial charge < -0.3 is 10.8 Å². The molecule has 6 rings (SSSR count). The van der Waals surface area contributed by atoms with Gasteiger partial charge in [0.05, 0.1) is 28.5 Å². The fourth-order valence-electron chi connectivity index (χ4n) is 4.35. The Hall–Kier alpha value is -5.96. The molecule has 0 unspecified atom stereocenters. The molecule has 0 saturated heterocycles. The van der Waals surface area contributed by atoms with Crippen LogP contribution in [0, 0.1) is 13.8 Å². The van der Waals surface area contributed by atoms with Gasteiger partial charge in [-0.1, -0.05) is 99.2 Å².